The van der Waals surface area contributed by atoms with E-state index in [9.17, 15) is 27.6 Å². The second-order valence-corrected chi connectivity index (χ2v) is 6.88. The number of aryl methyl sites for hydroxylation is 1. The normalized spacial score (nSPS) is 12.7. The van der Waals surface area contributed by atoms with Crippen LogP contribution in [0.2, 0.25) is 0 Å². The number of carbonyl (C=O) groups is 3. The van der Waals surface area contributed by atoms with Gasteiger partial charge in [0.05, 0.1) is 6.42 Å². The van der Waals surface area contributed by atoms with Crippen molar-refractivity contribution in [3.8, 4) is 0 Å². The van der Waals surface area contributed by atoms with E-state index in [1.807, 2.05) is 0 Å². The molecule has 1 aromatic heterocycles. The van der Waals surface area contributed by atoms with Gasteiger partial charge in [0.15, 0.2) is 5.12 Å². The number of anilines is 1. The van der Waals surface area contributed by atoms with E-state index < -0.39 is 34.8 Å². The summed E-state index contributed by atoms with van der Waals surface area (Å²) in [6.07, 6.45) is -5.04. The summed E-state index contributed by atoms with van der Waals surface area (Å²) < 4.78 is 45.0. The number of nitrogens with one attached hydrogen (secondary N) is 1. The summed E-state index contributed by atoms with van der Waals surface area (Å²) in [5.74, 6) is -5.46. The van der Waals surface area contributed by atoms with Crippen molar-refractivity contribution in [3.63, 3.8) is 0 Å². The van der Waals surface area contributed by atoms with E-state index in [-0.39, 0.29) is 24.5 Å². The molecule has 1 aromatic carbocycles. The molecule has 0 fully saturated rings. The summed E-state index contributed by atoms with van der Waals surface area (Å²) >= 11 is 0.410. The van der Waals surface area contributed by atoms with Gasteiger partial charge < -0.3 is 9.52 Å². The monoisotopic (exact) mass is 403 g/mol. The number of amides is 1. The second-order valence-electron chi connectivity index (χ2n) is 5.68. The molecule has 1 amide bonds. The maximum absolute atomic E-state index is 13.2. The van der Waals surface area contributed by atoms with E-state index in [0.717, 1.165) is 6.92 Å². The number of alkyl halides is 3. The van der Waals surface area contributed by atoms with Crippen LogP contribution in [0.4, 0.5) is 19.1 Å². The largest absolute Gasteiger partial charge is 0.481 e. The summed E-state index contributed by atoms with van der Waals surface area (Å²) in [6.45, 7) is 1.12. The summed E-state index contributed by atoms with van der Waals surface area (Å²) in [6, 6.07) is 6.45. The Balaban J connectivity index is 2.29. The molecular weight excluding hydrogens is 387 g/mol. The molecule has 0 saturated heterocycles. The predicted octanol–water partition coefficient (Wildman–Crippen LogP) is 3.85. The lowest BCUT2D eigenvalue weighted by Crippen LogP contribution is -2.37. The highest BCUT2D eigenvalue weighted by molar-refractivity contribution is 8.13. The second kappa shape index (κ2) is 8.47. The number of hydrogen-bond acceptors (Lipinski definition) is 5. The van der Waals surface area contributed by atoms with Crippen LogP contribution >= 0.6 is 11.8 Å². The van der Waals surface area contributed by atoms with Gasteiger partial charge in [-0.2, -0.15) is 13.2 Å². The molecule has 10 heteroatoms. The fourth-order valence-corrected chi connectivity index (χ4v) is 3.12. The summed E-state index contributed by atoms with van der Waals surface area (Å²) in [7, 11) is 0. The molecule has 0 aliphatic rings. The fourth-order valence-electron chi connectivity index (χ4n) is 2.37. The summed E-state index contributed by atoms with van der Waals surface area (Å²) in [5.41, 5.74) is 0. The first-order chi connectivity index (χ1) is 12.6. The van der Waals surface area contributed by atoms with Crippen molar-refractivity contribution >= 4 is 45.4 Å². The smallest absolute Gasteiger partial charge is 0.401 e. The third-order valence-corrected chi connectivity index (χ3v) is 4.57. The average molecular weight is 403 g/mol. The van der Waals surface area contributed by atoms with Crippen molar-refractivity contribution in [2.24, 2.45) is 5.92 Å². The molecule has 0 aliphatic heterocycles. The van der Waals surface area contributed by atoms with Crippen LogP contribution in [0.3, 0.4) is 0 Å². The molecule has 1 atom stereocenters. The molecule has 2 rings (SSSR count). The molecular formula is C17H16F3NO5S. The van der Waals surface area contributed by atoms with Crippen molar-refractivity contribution in [2.45, 2.75) is 25.9 Å². The van der Waals surface area contributed by atoms with Crippen molar-refractivity contribution in [3.05, 3.63) is 30.0 Å². The van der Waals surface area contributed by atoms with E-state index in [1.165, 1.54) is 0 Å². The van der Waals surface area contributed by atoms with Crippen LogP contribution in [0.5, 0.6) is 0 Å². The number of thioether (sulfide) groups is 1. The van der Waals surface area contributed by atoms with Crippen LogP contribution in [-0.2, 0) is 20.8 Å². The number of halogens is 3. The van der Waals surface area contributed by atoms with Gasteiger partial charge in [0.2, 0.25) is 11.8 Å². The number of aliphatic carboxylic acids is 1. The number of hydrogen-bond donors (Lipinski definition) is 2. The van der Waals surface area contributed by atoms with E-state index in [4.69, 9.17) is 9.52 Å². The highest BCUT2D eigenvalue weighted by Gasteiger charge is 2.45. The first kappa shape index (κ1) is 20.8. The molecule has 6 nitrogen and oxygen atoms in total. The SMILES string of the molecule is CC(=O)SCC(C(=O)Nc1oc(CCC(=O)O)c2ccccc12)C(F)(F)F. The molecule has 27 heavy (non-hydrogen) atoms. The number of fused-ring (bicyclic) bond motifs is 1. The lowest BCUT2D eigenvalue weighted by Gasteiger charge is -2.18. The van der Waals surface area contributed by atoms with E-state index in [0.29, 0.717) is 22.5 Å². The minimum atomic E-state index is -4.83. The van der Waals surface area contributed by atoms with Gasteiger partial charge in [0.1, 0.15) is 11.7 Å². The lowest BCUT2D eigenvalue weighted by molar-refractivity contribution is -0.174. The summed E-state index contributed by atoms with van der Waals surface area (Å²) in [4.78, 5) is 33.9. The molecule has 0 bridgehead atoms. The standard InChI is InChI=1S/C17H16F3NO5S/c1-9(22)27-8-12(17(18,19)20)15(25)21-16-11-5-3-2-4-10(11)13(26-16)6-7-14(23)24/h2-5,12H,6-8H2,1H3,(H,21,25)(H,23,24). The quantitative estimate of drug-likeness (QED) is 0.729. The Hall–Kier alpha value is -2.49. The Morgan fingerprint density at radius 2 is 1.85 bits per heavy atom. The van der Waals surface area contributed by atoms with E-state index >= 15 is 0 Å². The maximum Gasteiger partial charge on any atom is 0.401 e. The number of benzene rings is 1. The molecule has 0 aliphatic carbocycles. The first-order valence-corrected chi connectivity index (χ1v) is 8.81. The van der Waals surface area contributed by atoms with Crippen LogP contribution in [0.1, 0.15) is 19.1 Å². The van der Waals surface area contributed by atoms with Crippen LogP contribution < -0.4 is 5.32 Å². The molecule has 0 radical (unpaired) electrons. The lowest BCUT2D eigenvalue weighted by atomic mass is 10.1. The zero-order valence-electron chi connectivity index (χ0n) is 14.1. The van der Waals surface area contributed by atoms with Gasteiger partial charge in [-0.3, -0.25) is 19.7 Å². The van der Waals surface area contributed by atoms with Crippen LogP contribution in [0.25, 0.3) is 10.8 Å². The third-order valence-electron chi connectivity index (χ3n) is 3.66. The van der Waals surface area contributed by atoms with Gasteiger partial charge in [0, 0.05) is 29.9 Å². The van der Waals surface area contributed by atoms with Gasteiger partial charge >= 0.3 is 12.1 Å². The van der Waals surface area contributed by atoms with Gasteiger partial charge in [-0.05, 0) is 6.07 Å². The van der Waals surface area contributed by atoms with Gasteiger partial charge in [-0.25, -0.2) is 0 Å². The summed E-state index contributed by atoms with van der Waals surface area (Å²) in [5, 5.41) is 11.3. The van der Waals surface area contributed by atoms with Gasteiger partial charge in [-0.1, -0.05) is 30.0 Å². The Morgan fingerprint density at radius 3 is 2.41 bits per heavy atom. The zero-order chi connectivity index (χ0) is 20.2. The molecule has 1 unspecified atom stereocenters. The van der Waals surface area contributed by atoms with Crippen LogP contribution in [0.15, 0.2) is 28.7 Å². The predicted molar refractivity (Wildman–Crippen MR) is 93.5 cm³/mol. The van der Waals surface area contributed by atoms with Crippen molar-refractivity contribution in [2.75, 3.05) is 11.1 Å². The Morgan fingerprint density at radius 1 is 1.22 bits per heavy atom. The van der Waals surface area contributed by atoms with Crippen molar-refractivity contribution in [1.82, 2.24) is 0 Å². The van der Waals surface area contributed by atoms with E-state index in [2.05, 4.69) is 5.32 Å². The molecule has 1 heterocycles. The van der Waals surface area contributed by atoms with E-state index in [1.54, 1.807) is 24.3 Å². The fraction of sp³-hybridized carbons (Fsp3) is 0.353. The Kier molecular flexibility index (Phi) is 6.53. The number of carbonyl (C=O) groups excluding carboxylic acids is 2. The highest BCUT2D eigenvalue weighted by Crippen LogP contribution is 2.34. The number of carboxylic acid groups (broad SMARTS) is 1. The molecule has 0 saturated carbocycles. The topological polar surface area (TPSA) is 96.6 Å². The highest BCUT2D eigenvalue weighted by atomic mass is 32.2. The minimum Gasteiger partial charge on any atom is -0.481 e. The first-order valence-electron chi connectivity index (χ1n) is 7.82. The number of carboxylic acids is 1. The Bertz CT molecular complexity index is 862. The van der Waals surface area contributed by atoms with Crippen LogP contribution in [0, 0.1) is 5.92 Å². The number of rotatable bonds is 7. The molecule has 146 valence electrons. The minimum absolute atomic E-state index is 0.0224. The van der Waals surface area contributed by atoms with Crippen molar-refractivity contribution in [1.29, 1.82) is 0 Å². The molecule has 2 aromatic rings. The maximum atomic E-state index is 13.2. The number of furan rings is 1. The molecule has 0 spiro atoms. The average Bonchev–Trinajstić information content (AvgIpc) is 2.89. The molecule has 2 N–H and O–H groups in total. The Labute approximate surface area is 156 Å². The van der Waals surface area contributed by atoms with Gasteiger partial charge in [0.25, 0.3) is 0 Å². The third kappa shape index (κ3) is 5.49. The van der Waals surface area contributed by atoms with Gasteiger partial charge in [-0.15, -0.1) is 0 Å². The van der Waals surface area contributed by atoms with Crippen LogP contribution in [-0.4, -0.2) is 34.0 Å². The zero-order valence-corrected chi connectivity index (χ0v) is 14.9. The van der Waals surface area contributed by atoms with Crippen molar-refractivity contribution < 1.29 is 37.1 Å².